The minimum atomic E-state index is -3.63. The highest BCUT2D eigenvalue weighted by Gasteiger charge is 2.24. The Labute approximate surface area is 135 Å². The van der Waals surface area contributed by atoms with Gasteiger partial charge < -0.3 is 5.32 Å². The first-order valence-electron chi connectivity index (χ1n) is 7.45. The molecule has 1 saturated carbocycles. The third kappa shape index (κ3) is 3.71. The maximum atomic E-state index is 12.3. The molecular weight excluding hydrogens is 312 g/mol. The van der Waals surface area contributed by atoms with E-state index in [1.807, 2.05) is 0 Å². The molecule has 3 rings (SSSR count). The summed E-state index contributed by atoms with van der Waals surface area (Å²) >= 11 is 0. The molecule has 1 aliphatic rings. The van der Waals surface area contributed by atoms with Crippen molar-refractivity contribution in [3.05, 3.63) is 59.7 Å². The van der Waals surface area contributed by atoms with Gasteiger partial charge in [0.15, 0.2) is 0 Å². The molecule has 1 aliphatic carbocycles. The van der Waals surface area contributed by atoms with E-state index in [2.05, 4.69) is 10.0 Å². The molecule has 0 aromatic heterocycles. The maximum Gasteiger partial charge on any atom is 0.261 e. The number of amides is 1. The second-order valence-corrected chi connectivity index (χ2v) is 7.38. The van der Waals surface area contributed by atoms with Gasteiger partial charge in [0.25, 0.3) is 15.9 Å². The van der Waals surface area contributed by atoms with E-state index >= 15 is 0 Å². The highest BCUT2D eigenvalue weighted by Crippen LogP contribution is 2.22. The standard InChI is InChI=1S/C17H18N2O3S/c1-12-11-13(17(20)18-14-8-9-14)7-10-16(12)19-23(21,22)15-5-3-2-4-6-15/h2-7,10-11,14,19H,8-9H2,1H3,(H,18,20). The SMILES string of the molecule is Cc1cc(C(=O)NC2CC2)ccc1NS(=O)(=O)c1ccccc1. The first kappa shape index (κ1) is 15.6. The topological polar surface area (TPSA) is 75.3 Å². The molecule has 0 radical (unpaired) electrons. The lowest BCUT2D eigenvalue weighted by atomic mass is 10.1. The number of benzene rings is 2. The fraction of sp³-hybridized carbons (Fsp3) is 0.235. The molecule has 2 aromatic carbocycles. The van der Waals surface area contributed by atoms with Crippen molar-refractivity contribution in [1.29, 1.82) is 0 Å². The lowest BCUT2D eigenvalue weighted by Gasteiger charge is -2.12. The maximum absolute atomic E-state index is 12.3. The van der Waals surface area contributed by atoms with E-state index in [-0.39, 0.29) is 10.8 Å². The van der Waals surface area contributed by atoms with Crippen molar-refractivity contribution >= 4 is 21.6 Å². The van der Waals surface area contributed by atoms with E-state index in [1.54, 1.807) is 43.3 Å². The normalized spacial score (nSPS) is 14.3. The van der Waals surface area contributed by atoms with Gasteiger partial charge >= 0.3 is 0 Å². The van der Waals surface area contributed by atoms with Crippen LogP contribution in [0.4, 0.5) is 5.69 Å². The van der Waals surface area contributed by atoms with Crippen LogP contribution in [0, 0.1) is 6.92 Å². The molecule has 1 amide bonds. The molecular formula is C17H18N2O3S. The van der Waals surface area contributed by atoms with Gasteiger partial charge in [-0.25, -0.2) is 8.42 Å². The summed E-state index contributed by atoms with van der Waals surface area (Å²) in [4.78, 5) is 12.2. The number of aryl methyl sites for hydroxylation is 1. The van der Waals surface area contributed by atoms with Crippen LogP contribution in [-0.2, 0) is 10.0 Å². The second kappa shape index (κ2) is 6.04. The number of hydrogen-bond donors (Lipinski definition) is 2. The van der Waals surface area contributed by atoms with Gasteiger partial charge in [-0.05, 0) is 55.7 Å². The number of carbonyl (C=O) groups excluding carboxylic acids is 1. The lowest BCUT2D eigenvalue weighted by Crippen LogP contribution is -2.25. The van der Waals surface area contributed by atoms with Crippen molar-refractivity contribution in [3.63, 3.8) is 0 Å². The Kier molecular flexibility index (Phi) is 4.09. The highest BCUT2D eigenvalue weighted by molar-refractivity contribution is 7.92. The number of sulfonamides is 1. The Bertz CT molecular complexity index is 828. The molecule has 2 N–H and O–H groups in total. The number of rotatable bonds is 5. The van der Waals surface area contributed by atoms with Crippen LogP contribution in [0.1, 0.15) is 28.8 Å². The van der Waals surface area contributed by atoms with Crippen molar-refractivity contribution in [2.75, 3.05) is 4.72 Å². The van der Waals surface area contributed by atoms with E-state index in [4.69, 9.17) is 0 Å². The summed E-state index contributed by atoms with van der Waals surface area (Å²) in [5.41, 5.74) is 1.71. The molecule has 0 spiro atoms. The number of carbonyl (C=O) groups is 1. The molecule has 0 heterocycles. The van der Waals surface area contributed by atoms with Gasteiger partial charge in [0.2, 0.25) is 0 Å². The molecule has 6 heteroatoms. The molecule has 23 heavy (non-hydrogen) atoms. The zero-order valence-electron chi connectivity index (χ0n) is 12.7. The van der Waals surface area contributed by atoms with Crippen LogP contribution in [0.2, 0.25) is 0 Å². The summed E-state index contributed by atoms with van der Waals surface area (Å²) in [5.74, 6) is -0.118. The van der Waals surface area contributed by atoms with Gasteiger partial charge in [-0.2, -0.15) is 0 Å². The molecule has 1 fully saturated rings. The molecule has 0 atom stereocenters. The van der Waals surface area contributed by atoms with Gasteiger partial charge in [-0.15, -0.1) is 0 Å². The second-order valence-electron chi connectivity index (χ2n) is 5.70. The first-order chi connectivity index (χ1) is 11.0. The summed E-state index contributed by atoms with van der Waals surface area (Å²) < 4.78 is 27.2. The van der Waals surface area contributed by atoms with Gasteiger partial charge in [-0.3, -0.25) is 9.52 Å². The van der Waals surface area contributed by atoms with E-state index in [9.17, 15) is 13.2 Å². The van der Waals surface area contributed by atoms with Crippen LogP contribution in [0.5, 0.6) is 0 Å². The Morgan fingerprint density at radius 3 is 2.39 bits per heavy atom. The molecule has 0 unspecified atom stereocenters. The van der Waals surface area contributed by atoms with Crippen molar-refractivity contribution in [2.24, 2.45) is 0 Å². The van der Waals surface area contributed by atoms with Crippen LogP contribution in [-0.4, -0.2) is 20.4 Å². The molecule has 5 nitrogen and oxygen atoms in total. The minimum Gasteiger partial charge on any atom is -0.349 e. The zero-order valence-corrected chi connectivity index (χ0v) is 13.6. The molecule has 120 valence electrons. The molecule has 0 bridgehead atoms. The van der Waals surface area contributed by atoms with E-state index in [0.29, 0.717) is 22.9 Å². The Morgan fingerprint density at radius 2 is 1.78 bits per heavy atom. The zero-order chi connectivity index (χ0) is 16.4. The fourth-order valence-electron chi connectivity index (χ4n) is 2.22. The van der Waals surface area contributed by atoms with Crippen LogP contribution in [0.15, 0.2) is 53.4 Å². The van der Waals surface area contributed by atoms with Crippen LogP contribution < -0.4 is 10.0 Å². The minimum absolute atomic E-state index is 0.118. The average molecular weight is 330 g/mol. The largest absolute Gasteiger partial charge is 0.349 e. The van der Waals surface area contributed by atoms with E-state index in [0.717, 1.165) is 12.8 Å². The van der Waals surface area contributed by atoms with E-state index in [1.165, 1.54) is 12.1 Å². The predicted molar refractivity (Wildman–Crippen MR) is 88.9 cm³/mol. The summed E-state index contributed by atoms with van der Waals surface area (Å²) in [6.07, 6.45) is 2.05. The quantitative estimate of drug-likeness (QED) is 0.885. The molecule has 2 aromatic rings. The lowest BCUT2D eigenvalue weighted by molar-refractivity contribution is 0.0951. The van der Waals surface area contributed by atoms with Crippen molar-refractivity contribution in [1.82, 2.24) is 5.32 Å². The average Bonchev–Trinajstić information content (AvgIpc) is 3.34. The van der Waals surface area contributed by atoms with Gasteiger partial charge in [0.1, 0.15) is 0 Å². The van der Waals surface area contributed by atoms with Gasteiger partial charge in [0, 0.05) is 11.6 Å². The summed E-state index contributed by atoms with van der Waals surface area (Å²) in [6, 6.07) is 13.4. The monoisotopic (exact) mass is 330 g/mol. The highest BCUT2D eigenvalue weighted by atomic mass is 32.2. The smallest absolute Gasteiger partial charge is 0.261 e. The summed E-state index contributed by atoms with van der Waals surface area (Å²) in [7, 11) is -3.63. The summed E-state index contributed by atoms with van der Waals surface area (Å²) in [5, 5.41) is 2.91. The van der Waals surface area contributed by atoms with Crippen LogP contribution in [0.3, 0.4) is 0 Å². The first-order valence-corrected chi connectivity index (χ1v) is 8.93. The Balaban J connectivity index is 1.79. The number of hydrogen-bond acceptors (Lipinski definition) is 3. The summed E-state index contributed by atoms with van der Waals surface area (Å²) in [6.45, 7) is 1.77. The molecule has 0 saturated heterocycles. The Hall–Kier alpha value is -2.34. The van der Waals surface area contributed by atoms with Crippen molar-refractivity contribution in [3.8, 4) is 0 Å². The van der Waals surface area contributed by atoms with Gasteiger partial charge in [-0.1, -0.05) is 18.2 Å². The van der Waals surface area contributed by atoms with Gasteiger partial charge in [0.05, 0.1) is 10.6 Å². The van der Waals surface area contributed by atoms with Crippen molar-refractivity contribution in [2.45, 2.75) is 30.7 Å². The number of nitrogens with one attached hydrogen (secondary N) is 2. The third-order valence-corrected chi connectivity index (χ3v) is 5.08. The third-order valence-electron chi connectivity index (χ3n) is 3.70. The van der Waals surface area contributed by atoms with Crippen molar-refractivity contribution < 1.29 is 13.2 Å². The van der Waals surface area contributed by atoms with Crippen LogP contribution in [0.25, 0.3) is 0 Å². The fourth-order valence-corrected chi connectivity index (χ4v) is 3.37. The van der Waals surface area contributed by atoms with E-state index < -0.39 is 10.0 Å². The Morgan fingerprint density at radius 1 is 1.09 bits per heavy atom. The predicted octanol–water partition coefficient (Wildman–Crippen LogP) is 2.69. The number of anilines is 1. The van der Waals surface area contributed by atoms with Crippen LogP contribution >= 0.6 is 0 Å². The molecule has 0 aliphatic heterocycles.